The lowest BCUT2D eigenvalue weighted by molar-refractivity contribution is -0.379. The van der Waals surface area contributed by atoms with Crippen LogP contribution in [0.3, 0.4) is 0 Å². The Kier molecular flexibility index (Phi) is 35.9. The van der Waals surface area contributed by atoms with E-state index < -0.39 is 124 Å². The summed E-state index contributed by atoms with van der Waals surface area (Å²) in [5.41, 5.74) is 0. The Morgan fingerprint density at radius 2 is 0.921 bits per heavy atom. The maximum Gasteiger partial charge on any atom is 0.220 e. The number of aliphatic hydroxyl groups excluding tert-OH is 11. The molecule has 0 spiro atoms. The van der Waals surface area contributed by atoms with Crippen molar-refractivity contribution in [2.75, 3.05) is 26.4 Å². The maximum absolute atomic E-state index is 13.2. The van der Waals surface area contributed by atoms with Crippen LogP contribution in [0.2, 0.25) is 0 Å². The highest BCUT2D eigenvalue weighted by Gasteiger charge is 2.53. The van der Waals surface area contributed by atoms with Crippen molar-refractivity contribution >= 4 is 5.91 Å². The Morgan fingerprint density at radius 1 is 0.487 bits per heavy atom. The molecule has 0 aliphatic carbocycles. The number of carbonyl (C=O) groups is 1. The fourth-order valence-electron chi connectivity index (χ4n) is 9.06. The van der Waals surface area contributed by atoms with Crippen LogP contribution in [0.15, 0.2) is 72.9 Å². The molecule has 17 atom stereocenters. The third-order valence-corrected chi connectivity index (χ3v) is 13.7. The van der Waals surface area contributed by atoms with E-state index in [0.29, 0.717) is 12.8 Å². The topological polar surface area (TPSA) is 307 Å². The van der Waals surface area contributed by atoms with Gasteiger partial charge >= 0.3 is 0 Å². The Hall–Kier alpha value is -2.77. The number of hydrogen-bond acceptors (Lipinski definition) is 18. The van der Waals surface area contributed by atoms with Crippen LogP contribution >= 0.6 is 0 Å². The number of amides is 1. The summed E-state index contributed by atoms with van der Waals surface area (Å²) in [7, 11) is 0. The molecule has 3 saturated heterocycles. The molecule has 0 aromatic rings. The van der Waals surface area contributed by atoms with Crippen LogP contribution in [0, 0.1) is 0 Å². The Morgan fingerprint density at radius 3 is 1.47 bits per heavy atom. The Bertz CT molecular complexity index is 1670. The number of allylic oxidation sites excluding steroid dienone is 11. The van der Waals surface area contributed by atoms with E-state index in [1.807, 2.05) is 6.08 Å². The van der Waals surface area contributed by atoms with E-state index in [1.165, 1.54) is 51.4 Å². The molecule has 3 aliphatic heterocycles. The summed E-state index contributed by atoms with van der Waals surface area (Å²) in [6.07, 6.45) is 19.0. The number of hydrogen-bond donors (Lipinski definition) is 12. The SMILES string of the molecule is CC/C=C\C/C=C\C/C=C\CCCCCC(=O)NC(COC1OC(CO)C(OC2OC(CO)C(OC3OC(CO)C(O)C(O)C3O)C(O)C2O)C(O)C1O)C(O)/C=C/CC/C=C/CC/C=C/CCCCCCCCCC. The van der Waals surface area contributed by atoms with Crippen molar-refractivity contribution in [1.29, 1.82) is 0 Å². The van der Waals surface area contributed by atoms with Gasteiger partial charge in [0.1, 0.15) is 73.2 Å². The molecular formula is C57H97NO18. The molecule has 76 heavy (non-hydrogen) atoms. The minimum absolute atomic E-state index is 0.193. The lowest BCUT2D eigenvalue weighted by Gasteiger charge is -2.48. The summed E-state index contributed by atoms with van der Waals surface area (Å²) >= 11 is 0. The van der Waals surface area contributed by atoms with Gasteiger partial charge in [0.15, 0.2) is 18.9 Å². The quantitative estimate of drug-likeness (QED) is 0.0307. The lowest BCUT2D eigenvalue weighted by Crippen LogP contribution is -2.66. The molecule has 19 heteroatoms. The van der Waals surface area contributed by atoms with E-state index in [0.717, 1.165) is 64.2 Å². The highest BCUT2D eigenvalue weighted by Crippen LogP contribution is 2.33. The normalized spacial score (nSPS) is 31.5. The van der Waals surface area contributed by atoms with Crippen LogP contribution in [0.4, 0.5) is 0 Å². The van der Waals surface area contributed by atoms with Gasteiger partial charge in [0.25, 0.3) is 0 Å². The van der Waals surface area contributed by atoms with Crippen molar-refractivity contribution in [3.8, 4) is 0 Å². The maximum atomic E-state index is 13.2. The van der Waals surface area contributed by atoms with E-state index in [4.69, 9.17) is 28.4 Å². The first-order chi connectivity index (χ1) is 36.8. The van der Waals surface area contributed by atoms with Gasteiger partial charge in [0.2, 0.25) is 5.91 Å². The molecule has 3 heterocycles. The second-order valence-electron chi connectivity index (χ2n) is 20.0. The first-order valence-corrected chi connectivity index (χ1v) is 28.2. The van der Waals surface area contributed by atoms with E-state index in [-0.39, 0.29) is 18.9 Å². The van der Waals surface area contributed by atoms with Crippen LogP contribution < -0.4 is 5.32 Å². The molecule has 0 aromatic carbocycles. The monoisotopic (exact) mass is 1080 g/mol. The number of unbranched alkanes of at least 4 members (excludes halogenated alkanes) is 13. The van der Waals surface area contributed by atoms with Gasteiger partial charge in [0, 0.05) is 6.42 Å². The summed E-state index contributed by atoms with van der Waals surface area (Å²) in [6, 6.07) is -1.01. The van der Waals surface area contributed by atoms with Crippen molar-refractivity contribution < 1.29 is 89.4 Å². The minimum Gasteiger partial charge on any atom is -0.394 e. The number of aliphatic hydroxyl groups is 11. The van der Waals surface area contributed by atoms with Crippen molar-refractivity contribution in [3.63, 3.8) is 0 Å². The Labute approximate surface area is 451 Å². The summed E-state index contributed by atoms with van der Waals surface area (Å²) in [4.78, 5) is 13.2. The molecular weight excluding hydrogens is 987 g/mol. The molecule has 19 nitrogen and oxygen atoms in total. The highest BCUT2D eigenvalue weighted by atomic mass is 16.8. The molecule has 1 amide bonds. The van der Waals surface area contributed by atoms with Crippen molar-refractivity contribution in [3.05, 3.63) is 72.9 Å². The third kappa shape index (κ3) is 24.7. The zero-order chi connectivity index (χ0) is 55.5. The number of rotatable bonds is 39. The van der Waals surface area contributed by atoms with E-state index in [9.17, 15) is 61.0 Å². The average Bonchev–Trinajstić information content (AvgIpc) is 3.41. The molecule has 12 N–H and O–H groups in total. The highest BCUT2D eigenvalue weighted by molar-refractivity contribution is 5.76. The lowest BCUT2D eigenvalue weighted by atomic mass is 9.96. The molecule has 0 aromatic heterocycles. The predicted octanol–water partition coefficient (Wildman–Crippen LogP) is 3.87. The zero-order valence-corrected chi connectivity index (χ0v) is 45.2. The zero-order valence-electron chi connectivity index (χ0n) is 45.2. The molecule has 0 bridgehead atoms. The predicted molar refractivity (Wildman–Crippen MR) is 286 cm³/mol. The third-order valence-electron chi connectivity index (χ3n) is 13.7. The molecule has 3 fully saturated rings. The molecule has 17 unspecified atom stereocenters. The second kappa shape index (κ2) is 40.4. The summed E-state index contributed by atoms with van der Waals surface area (Å²) in [6.45, 7) is 1.51. The second-order valence-corrected chi connectivity index (χ2v) is 20.0. The standard InChI is InChI=1S/C57H97NO18/c1-3-5-7-9-11-13-15-17-18-19-20-21-23-24-26-28-30-32-34-41(62)40(58-45(63)35-33-31-29-27-25-22-16-14-12-10-8-6-4-2)39-71-55-51(69)48(66)53(43(37-60)73-55)76-57-52(70)49(67)54(44(38-61)74-57)75-56-50(68)47(65)46(64)42(36-59)72-56/h6,8,12,14,19-20,22,24-26,32,34,40-44,46-57,59-62,64-70H,3-5,7,9-11,13,15-18,21,23,27-31,33,35-39H2,1-2H3,(H,58,63)/b8-6-,14-12-,20-19+,25-22-,26-24+,34-32+. The minimum atomic E-state index is -1.99. The van der Waals surface area contributed by atoms with Crippen molar-refractivity contribution in [1.82, 2.24) is 5.32 Å². The largest absolute Gasteiger partial charge is 0.394 e. The van der Waals surface area contributed by atoms with Gasteiger partial charge < -0.3 is 89.9 Å². The smallest absolute Gasteiger partial charge is 0.220 e. The van der Waals surface area contributed by atoms with Crippen molar-refractivity contribution in [2.45, 2.75) is 253 Å². The molecule has 3 rings (SSSR count). The van der Waals surface area contributed by atoms with Crippen LogP contribution in [0.1, 0.15) is 149 Å². The molecule has 3 aliphatic rings. The first-order valence-electron chi connectivity index (χ1n) is 28.2. The Balaban J connectivity index is 1.56. The van der Waals surface area contributed by atoms with Gasteiger partial charge in [-0.25, -0.2) is 0 Å². The van der Waals surface area contributed by atoms with Crippen LogP contribution in [0.25, 0.3) is 0 Å². The van der Waals surface area contributed by atoms with Gasteiger partial charge in [0.05, 0.1) is 38.6 Å². The van der Waals surface area contributed by atoms with Crippen LogP contribution in [-0.4, -0.2) is 193 Å². The summed E-state index contributed by atoms with van der Waals surface area (Å²) in [5, 5.41) is 120. The molecule has 438 valence electrons. The average molecular weight is 1080 g/mol. The van der Waals surface area contributed by atoms with Crippen LogP contribution in [0.5, 0.6) is 0 Å². The van der Waals surface area contributed by atoms with Crippen molar-refractivity contribution in [2.24, 2.45) is 0 Å². The van der Waals surface area contributed by atoms with Gasteiger partial charge in [-0.15, -0.1) is 0 Å². The van der Waals surface area contributed by atoms with Gasteiger partial charge in [-0.05, 0) is 77.0 Å². The first kappa shape index (κ1) is 67.5. The number of nitrogens with one attached hydrogen (secondary N) is 1. The van der Waals surface area contributed by atoms with Gasteiger partial charge in [-0.3, -0.25) is 4.79 Å². The summed E-state index contributed by atoms with van der Waals surface area (Å²) in [5.74, 6) is -0.323. The summed E-state index contributed by atoms with van der Waals surface area (Å²) < 4.78 is 34.1. The van der Waals surface area contributed by atoms with E-state index in [2.05, 4.69) is 79.9 Å². The number of ether oxygens (including phenoxy) is 6. The number of carbonyl (C=O) groups excluding carboxylic acids is 1. The van der Waals surface area contributed by atoms with E-state index in [1.54, 1.807) is 6.08 Å². The molecule has 0 saturated carbocycles. The van der Waals surface area contributed by atoms with Gasteiger partial charge in [-0.1, -0.05) is 138 Å². The van der Waals surface area contributed by atoms with Gasteiger partial charge in [-0.2, -0.15) is 0 Å². The van der Waals surface area contributed by atoms with Crippen LogP contribution in [-0.2, 0) is 33.2 Å². The molecule has 0 radical (unpaired) electrons. The fourth-order valence-corrected chi connectivity index (χ4v) is 9.06. The van der Waals surface area contributed by atoms with E-state index >= 15 is 0 Å². The fraction of sp³-hybridized carbons (Fsp3) is 0.772.